The van der Waals surface area contributed by atoms with E-state index < -0.39 is 16.1 Å². The summed E-state index contributed by atoms with van der Waals surface area (Å²) in [6, 6.07) is 2.32. The number of hydroxylamine groups is 2. The first-order valence-corrected chi connectivity index (χ1v) is 8.87. The van der Waals surface area contributed by atoms with E-state index in [0.29, 0.717) is 13.2 Å². The second-order valence-corrected chi connectivity index (χ2v) is 7.50. The summed E-state index contributed by atoms with van der Waals surface area (Å²) in [6.45, 7) is 2.53. The topological polar surface area (TPSA) is 75.7 Å². The van der Waals surface area contributed by atoms with Gasteiger partial charge in [-0.15, -0.1) is 11.3 Å². The molecule has 1 unspecified atom stereocenters. The van der Waals surface area contributed by atoms with Gasteiger partial charge in [-0.05, 0) is 37.6 Å². The van der Waals surface area contributed by atoms with Crippen molar-refractivity contribution in [3.8, 4) is 0 Å². The van der Waals surface area contributed by atoms with Crippen molar-refractivity contribution >= 4 is 27.3 Å². The van der Waals surface area contributed by atoms with Gasteiger partial charge in [0.25, 0.3) is 15.9 Å². The first kappa shape index (κ1) is 15.4. The Kier molecular flexibility index (Phi) is 5.14. The molecule has 1 aliphatic rings. The van der Waals surface area contributed by atoms with Gasteiger partial charge in [0.05, 0.1) is 6.61 Å². The molecule has 1 fully saturated rings. The molecule has 20 heavy (non-hydrogen) atoms. The van der Waals surface area contributed by atoms with Crippen LogP contribution in [0.1, 0.15) is 26.2 Å². The van der Waals surface area contributed by atoms with Crippen molar-refractivity contribution in [2.45, 2.75) is 36.4 Å². The first-order chi connectivity index (χ1) is 9.50. The summed E-state index contributed by atoms with van der Waals surface area (Å²) in [7, 11) is -3.64. The lowest BCUT2D eigenvalue weighted by atomic mass is 10.2. The molecule has 1 N–H and O–H groups in total. The van der Waals surface area contributed by atoms with Crippen LogP contribution in [0.25, 0.3) is 0 Å². The highest BCUT2D eigenvalue weighted by molar-refractivity contribution is 7.91. The fourth-order valence-corrected chi connectivity index (χ4v) is 4.13. The molecule has 0 spiro atoms. The Morgan fingerprint density at radius 1 is 1.45 bits per heavy atom. The van der Waals surface area contributed by atoms with E-state index in [0.717, 1.165) is 30.6 Å². The van der Waals surface area contributed by atoms with Gasteiger partial charge >= 0.3 is 0 Å². The molecular weight excluding hydrogens is 300 g/mol. The molecule has 0 bridgehead atoms. The third-order valence-electron chi connectivity index (χ3n) is 2.96. The molecule has 1 aromatic heterocycles. The Balaban J connectivity index is 2.00. The normalized spacial score (nSPS) is 18.6. The van der Waals surface area contributed by atoms with Gasteiger partial charge in [0.1, 0.15) is 10.3 Å². The Labute approximate surface area is 122 Å². The van der Waals surface area contributed by atoms with Gasteiger partial charge in [-0.3, -0.25) is 9.63 Å². The summed E-state index contributed by atoms with van der Waals surface area (Å²) in [4.78, 5) is 17.5. The number of sulfonamides is 1. The summed E-state index contributed by atoms with van der Waals surface area (Å²) in [5, 5.41) is 2.95. The van der Waals surface area contributed by atoms with E-state index in [1.807, 2.05) is 0 Å². The standard InChI is InChI=1S/C12H18N2O4S2/c1-10(12(15)14-7-3-2-4-8-18-14)13-20(16,17)11-6-5-9-19-11/h5-6,9-10,13H,2-4,7-8H2,1H3. The quantitative estimate of drug-likeness (QED) is 0.909. The van der Waals surface area contributed by atoms with E-state index in [9.17, 15) is 13.2 Å². The minimum Gasteiger partial charge on any atom is -0.271 e. The van der Waals surface area contributed by atoms with Gasteiger partial charge in [-0.1, -0.05) is 6.07 Å². The number of nitrogens with zero attached hydrogens (tertiary/aromatic N) is 1. The maximum atomic E-state index is 12.2. The van der Waals surface area contributed by atoms with Crippen molar-refractivity contribution in [1.82, 2.24) is 9.79 Å². The van der Waals surface area contributed by atoms with Gasteiger partial charge in [-0.2, -0.15) is 4.72 Å². The van der Waals surface area contributed by atoms with Crippen molar-refractivity contribution in [2.75, 3.05) is 13.2 Å². The highest BCUT2D eigenvalue weighted by Gasteiger charge is 2.27. The van der Waals surface area contributed by atoms with E-state index in [-0.39, 0.29) is 10.1 Å². The minimum atomic E-state index is -3.64. The van der Waals surface area contributed by atoms with Crippen LogP contribution in [0.15, 0.2) is 21.7 Å². The van der Waals surface area contributed by atoms with Gasteiger partial charge in [0.2, 0.25) is 0 Å². The molecule has 1 aliphatic heterocycles. The zero-order valence-electron chi connectivity index (χ0n) is 11.2. The van der Waals surface area contributed by atoms with Crippen molar-refractivity contribution in [3.63, 3.8) is 0 Å². The molecule has 8 heteroatoms. The largest absolute Gasteiger partial charge is 0.271 e. The Morgan fingerprint density at radius 3 is 2.95 bits per heavy atom. The number of amides is 1. The monoisotopic (exact) mass is 318 g/mol. The Bertz CT molecular complexity index is 534. The SMILES string of the molecule is CC(NS(=O)(=O)c1cccs1)C(=O)N1CCCCCO1. The number of carbonyl (C=O) groups excluding carboxylic acids is 1. The molecule has 1 aromatic rings. The first-order valence-electron chi connectivity index (χ1n) is 6.51. The predicted octanol–water partition coefficient (Wildman–Crippen LogP) is 1.36. The molecule has 1 amide bonds. The highest BCUT2D eigenvalue weighted by atomic mass is 32.2. The van der Waals surface area contributed by atoms with E-state index in [1.165, 1.54) is 18.1 Å². The maximum Gasteiger partial charge on any atom is 0.263 e. The molecule has 2 rings (SSSR count). The number of nitrogens with one attached hydrogen (secondary N) is 1. The van der Waals surface area contributed by atoms with Gasteiger partial charge < -0.3 is 0 Å². The van der Waals surface area contributed by atoms with Crippen LogP contribution in [-0.4, -0.2) is 38.6 Å². The van der Waals surface area contributed by atoms with E-state index in [2.05, 4.69) is 4.72 Å². The summed E-state index contributed by atoms with van der Waals surface area (Å²) in [5.41, 5.74) is 0. The van der Waals surface area contributed by atoms with Gasteiger partial charge in [0.15, 0.2) is 0 Å². The third kappa shape index (κ3) is 3.78. The Hall–Kier alpha value is -0.960. The van der Waals surface area contributed by atoms with Crippen LogP contribution in [0.4, 0.5) is 0 Å². The fraction of sp³-hybridized carbons (Fsp3) is 0.583. The van der Waals surface area contributed by atoms with Crippen molar-refractivity contribution < 1.29 is 18.0 Å². The van der Waals surface area contributed by atoms with Crippen LogP contribution < -0.4 is 4.72 Å². The van der Waals surface area contributed by atoms with Crippen LogP contribution in [0.2, 0.25) is 0 Å². The number of carbonyl (C=O) groups is 1. The molecule has 0 radical (unpaired) electrons. The average Bonchev–Trinajstić information content (AvgIpc) is 2.82. The van der Waals surface area contributed by atoms with Gasteiger partial charge in [0, 0.05) is 6.54 Å². The smallest absolute Gasteiger partial charge is 0.263 e. The molecule has 0 aliphatic carbocycles. The summed E-state index contributed by atoms with van der Waals surface area (Å²) in [5.74, 6) is -0.355. The highest BCUT2D eigenvalue weighted by Crippen LogP contribution is 2.16. The molecule has 0 aromatic carbocycles. The number of hydrogen-bond acceptors (Lipinski definition) is 5. The second-order valence-electron chi connectivity index (χ2n) is 4.61. The predicted molar refractivity (Wildman–Crippen MR) is 75.6 cm³/mol. The van der Waals surface area contributed by atoms with Crippen molar-refractivity contribution in [2.24, 2.45) is 0 Å². The van der Waals surface area contributed by atoms with Crippen LogP contribution in [0.5, 0.6) is 0 Å². The summed E-state index contributed by atoms with van der Waals surface area (Å²) in [6.07, 6.45) is 2.80. The average molecular weight is 318 g/mol. The van der Waals surface area contributed by atoms with Gasteiger partial charge in [-0.25, -0.2) is 13.5 Å². The lowest BCUT2D eigenvalue weighted by Gasteiger charge is -2.23. The molecule has 6 nitrogen and oxygen atoms in total. The van der Waals surface area contributed by atoms with Crippen LogP contribution in [0.3, 0.4) is 0 Å². The van der Waals surface area contributed by atoms with Crippen molar-refractivity contribution in [1.29, 1.82) is 0 Å². The molecule has 112 valence electrons. The molecule has 1 atom stereocenters. The maximum absolute atomic E-state index is 12.2. The zero-order valence-corrected chi connectivity index (χ0v) is 12.9. The van der Waals surface area contributed by atoms with Crippen LogP contribution in [-0.2, 0) is 19.7 Å². The Morgan fingerprint density at radius 2 is 2.25 bits per heavy atom. The molecule has 1 saturated heterocycles. The third-order valence-corrected chi connectivity index (χ3v) is 5.90. The number of hydrogen-bond donors (Lipinski definition) is 1. The van der Waals surface area contributed by atoms with Crippen LogP contribution in [0, 0.1) is 0 Å². The molecule has 2 heterocycles. The lowest BCUT2D eigenvalue weighted by Crippen LogP contribution is -2.46. The summed E-state index contributed by atoms with van der Waals surface area (Å²) < 4.78 is 26.7. The van der Waals surface area contributed by atoms with E-state index in [4.69, 9.17) is 4.84 Å². The van der Waals surface area contributed by atoms with E-state index in [1.54, 1.807) is 11.4 Å². The minimum absolute atomic E-state index is 0.203. The fourth-order valence-electron chi connectivity index (χ4n) is 1.92. The summed E-state index contributed by atoms with van der Waals surface area (Å²) >= 11 is 1.12. The number of thiophene rings is 1. The molecular formula is C12H18N2O4S2. The zero-order chi connectivity index (χ0) is 14.6. The van der Waals surface area contributed by atoms with Crippen LogP contribution >= 0.6 is 11.3 Å². The van der Waals surface area contributed by atoms with E-state index >= 15 is 0 Å². The number of rotatable bonds is 4. The molecule has 0 saturated carbocycles. The lowest BCUT2D eigenvalue weighted by molar-refractivity contribution is -0.184. The second kappa shape index (κ2) is 6.66. The van der Waals surface area contributed by atoms with Crippen molar-refractivity contribution in [3.05, 3.63) is 17.5 Å².